The second-order valence-electron chi connectivity index (χ2n) is 6.40. The highest BCUT2D eigenvalue weighted by Crippen LogP contribution is 2.28. The molecule has 1 aliphatic carbocycles. The Morgan fingerprint density at radius 1 is 1.10 bits per heavy atom. The quantitative estimate of drug-likeness (QED) is 0.843. The number of benzene rings is 1. The minimum Gasteiger partial charge on any atom is -0.387 e. The fraction of sp³-hybridized carbons (Fsp3) is 0.684. The summed E-state index contributed by atoms with van der Waals surface area (Å²) in [4.78, 5) is 2.51. The highest BCUT2D eigenvalue weighted by molar-refractivity contribution is 5.25. The summed E-state index contributed by atoms with van der Waals surface area (Å²) in [6, 6.07) is 9.31. The van der Waals surface area contributed by atoms with Crippen molar-refractivity contribution < 1.29 is 5.11 Å². The molecular weight excluding hydrogens is 258 g/mol. The molecule has 2 atom stereocenters. The molecule has 2 nitrogen and oxygen atoms in total. The van der Waals surface area contributed by atoms with Gasteiger partial charge in [0.1, 0.15) is 0 Å². The van der Waals surface area contributed by atoms with Crippen LogP contribution in [-0.2, 0) is 6.42 Å². The fourth-order valence-corrected chi connectivity index (χ4v) is 3.70. The summed E-state index contributed by atoms with van der Waals surface area (Å²) >= 11 is 0. The zero-order chi connectivity index (χ0) is 15.2. The molecule has 1 N–H and O–H groups in total. The molecule has 21 heavy (non-hydrogen) atoms. The van der Waals surface area contributed by atoms with E-state index in [2.05, 4.69) is 49.9 Å². The van der Waals surface area contributed by atoms with Crippen molar-refractivity contribution >= 4 is 0 Å². The number of aryl methyl sites for hydroxylation is 1. The third kappa shape index (κ3) is 4.08. The molecule has 118 valence electrons. The van der Waals surface area contributed by atoms with Crippen molar-refractivity contribution in [2.45, 2.75) is 77.5 Å². The van der Waals surface area contributed by atoms with Crippen LogP contribution in [0.5, 0.6) is 0 Å². The maximum Gasteiger partial charge on any atom is 0.0942 e. The van der Waals surface area contributed by atoms with Gasteiger partial charge in [0.25, 0.3) is 0 Å². The number of likely N-dealkylation sites (N-methyl/N-ethyl adjacent to an activating group) is 1. The predicted octanol–water partition coefficient (Wildman–Crippen LogP) is 4.33. The zero-order valence-corrected chi connectivity index (χ0v) is 13.9. The molecule has 1 aromatic carbocycles. The first kappa shape index (κ1) is 16.5. The summed E-state index contributed by atoms with van der Waals surface area (Å²) in [5.41, 5.74) is 2.38. The van der Waals surface area contributed by atoms with Gasteiger partial charge in [-0.05, 0) is 43.9 Å². The smallest absolute Gasteiger partial charge is 0.0942 e. The van der Waals surface area contributed by atoms with Gasteiger partial charge in [0.2, 0.25) is 0 Å². The summed E-state index contributed by atoms with van der Waals surface area (Å²) in [7, 11) is 0. The number of rotatable bonds is 6. The largest absolute Gasteiger partial charge is 0.387 e. The number of hydrogen-bond donors (Lipinski definition) is 1. The minimum atomic E-state index is -0.391. The van der Waals surface area contributed by atoms with Crippen LogP contribution in [0.1, 0.15) is 70.1 Å². The third-order valence-corrected chi connectivity index (χ3v) is 5.12. The Kier molecular flexibility index (Phi) is 6.25. The Hall–Kier alpha value is -0.860. The molecule has 0 aromatic heterocycles. The lowest BCUT2D eigenvalue weighted by Crippen LogP contribution is -2.45. The molecule has 0 aliphatic heterocycles. The van der Waals surface area contributed by atoms with Gasteiger partial charge in [0.15, 0.2) is 0 Å². The van der Waals surface area contributed by atoms with E-state index >= 15 is 0 Å². The van der Waals surface area contributed by atoms with E-state index in [4.69, 9.17) is 0 Å². The van der Waals surface area contributed by atoms with Gasteiger partial charge in [0, 0.05) is 12.1 Å². The number of hydrogen-bond acceptors (Lipinski definition) is 2. The molecule has 2 heteroatoms. The summed E-state index contributed by atoms with van der Waals surface area (Å²) in [6.07, 6.45) is 7.31. The molecule has 1 saturated carbocycles. The van der Waals surface area contributed by atoms with Crippen LogP contribution in [0, 0.1) is 0 Å². The minimum absolute atomic E-state index is 0.186. The van der Waals surface area contributed by atoms with E-state index in [1.54, 1.807) is 0 Å². The summed E-state index contributed by atoms with van der Waals surface area (Å²) in [6.45, 7) is 7.58. The van der Waals surface area contributed by atoms with Gasteiger partial charge in [-0.1, -0.05) is 57.4 Å². The number of aliphatic hydroxyl groups excluding tert-OH is 1. The Morgan fingerprint density at radius 3 is 2.24 bits per heavy atom. The molecule has 0 bridgehead atoms. The highest BCUT2D eigenvalue weighted by atomic mass is 16.3. The van der Waals surface area contributed by atoms with Crippen LogP contribution in [-0.4, -0.2) is 28.6 Å². The van der Waals surface area contributed by atoms with Crippen molar-refractivity contribution in [3.05, 3.63) is 35.4 Å². The highest BCUT2D eigenvalue weighted by Gasteiger charge is 2.28. The van der Waals surface area contributed by atoms with E-state index in [0.717, 1.165) is 18.5 Å². The van der Waals surface area contributed by atoms with E-state index in [1.165, 1.54) is 37.7 Å². The predicted molar refractivity (Wildman–Crippen MR) is 89.5 cm³/mol. The molecule has 0 spiro atoms. The molecule has 0 heterocycles. The second-order valence-corrected chi connectivity index (χ2v) is 6.40. The molecule has 1 aromatic rings. The van der Waals surface area contributed by atoms with Crippen molar-refractivity contribution in [3.63, 3.8) is 0 Å². The van der Waals surface area contributed by atoms with Crippen LogP contribution in [0.4, 0.5) is 0 Å². The van der Waals surface area contributed by atoms with Crippen molar-refractivity contribution in [3.8, 4) is 0 Å². The molecule has 2 rings (SSSR count). The van der Waals surface area contributed by atoms with Gasteiger partial charge in [-0.2, -0.15) is 0 Å². The van der Waals surface area contributed by atoms with Gasteiger partial charge in [-0.15, -0.1) is 0 Å². The van der Waals surface area contributed by atoms with Gasteiger partial charge in [-0.3, -0.25) is 4.90 Å². The van der Waals surface area contributed by atoms with Crippen molar-refractivity contribution in [1.29, 1.82) is 0 Å². The van der Waals surface area contributed by atoms with E-state index in [9.17, 15) is 5.11 Å². The van der Waals surface area contributed by atoms with Crippen LogP contribution >= 0.6 is 0 Å². The van der Waals surface area contributed by atoms with E-state index in [1.807, 2.05) is 0 Å². The maximum atomic E-state index is 10.7. The monoisotopic (exact) mass is 289 g/mol. The van der Waals surface area contributed by atoms with Crippen LogP contribution in [0.15, 0.2) is 24.3 Å². The average molecular weight is 289 g/mol. The van der Waals surface area contributed by atoms with Crippen LogP contribution in [0.2, 0.25) is 0 Å². The molecule has 1 aliphatic rings. The first-order chi connectivity index (χ1) is 10.2. The van der Waals surface area contributed by atoms with Gasteiger partial charge in [0.05, 0.1) is 6.10 Å². The van der Waals surface area contributed by atoms with E-state index < -0.39 is 6.10 Å². The molecule has 0 radical (unpaired) electrons. The summed E-state index contributed by atoms with van der Waals surface area (Å²) in [5, 5.41) is 10.7. The molecule has 2 unspecified atom stereocenters. The Morgan fingerprint density at radius 2 is 1.71 bits per heavy atom. The van der Waals surface area contributed by atoms with Crippen LogP contribution < -0.4 is 0 Å². The van der Waals surface area contributed by atoms with E-state index in [-0.39, 0.29) is 6.04 Å². The summed E-state index contributed by atoms with van der Waals surface area (Å²) < 4.78 is 0. The maximum absolute atomic E-state index is 10.7. The van der Waals surface area contributed by atoms with Crippen LogP contribution in [0.25, 0.3) is 0 Å². The normalized spacial score (nSPS) is 19.7. The van der Waals surface area contributed by atoms with Gasteiger partial charge < -0.3 is 5.11 Å². The Labute approximate surface area is 130 Å². The first-order valence-electron chi connectivity index (χ1n) is 8.70. The first-order valence-corrected chi connectivity index (χ1v) is 8.70. The molecule has 0 amide bonds. The topological polar surface area (TPSA) is 23.5 Å². The second kappa shape index (κ2) is 7.95. The Bertz CT molecular complexity index is 408. The molecule has 0 saturated heterocycles. The zero-order valence-electron chi connectivity index (χ0n) is 13.9. The lowest BCUT2D eigenvalue weighted by molar-refractivity contribution is 0.0245. The molecular formula is C19H31NO. The fourth-order valence-electron chi connectivity index (χ4n) is 3.70. The Balaban J connectivity index is 2.05. The lowest BCUT2D eigenvalue weighted by Gasteiger charge is -2.39. The number of nitrogens with zero attached hydrogens (tertiary/aromatic N) is 1. The van der Waals surface area contributed by atoms with Crippen LogP contribution in [0.3, 0.4) is 0 Å². The average Bonchev–Trinajstić information content (AvgIpc) is 2.56. The standard InChI is InChI=1S/C19H31NO/c1-4-16-11-13-17(14-12-16)19(21)15(3)20(5-2)18-9-7-6-8-10-18/h11-15,18-19,21H,4-10H2,1-3H3. The summed E-state index contributed by atoms with van der Waals surface area (Å²) in [5.74, 6) is 0. The van der Waals surface area contributed by atoms with Gasteiger partial charge >= 0.3 is 0 Å². The van der Waals surface area contributed by atoms with Gasteiger partial charge in [-0.25, -0.2) is 0 Å². The van der Waals surface area contributed by atoms with Crippen molar-refractivity contribution in [2.24, 2.45) is 0 Å². The third-order valence-electron chi connectivity index (χ3n) is 5.12. The number of aliphatic hydroxyl groups is 1. The lowest BCUT2D eigenvalue weighted by atomic mass is 9.91. The van der Waals surface area contributed by atoms with Crippen molar-refractivity contribution in [2.75, 3.05) is 6.54 Å². The molecule has 1 fully saturated rings. The SMILES string of the molecule is CCc1ccc(C(O)C(C)N(CC)C2CCCCC2)cc1. The van der Waals surface area contributed by atoms with E-state index in [0.29, 0.717) is 6.04 Å². The van der Waals surface area contributed by atoms with Crippen molar-refractivity contribution in [1.82, 2.24) is 4.90 Å².